The van der Waals surface area contributed by atoms with E-state index in [2.05, 4.69) is 16.1 Å². The summed E-state index contributed by atoms with van der Waals surface area (Å²) < 4.78 is 5.32. The van der Waals surface area contributed by atoms with Crippen LogP contribution in [0.5, 0.6) is 5.75 Å². The molecule has 1 aromatic carbocycles. The largest absolute Gasteiger partial charge is 0.496 e. The first-order valence-electron chi connectivity index (χ1n) is 7.80. The fourth-order valence-electron chi connectivity index (χ4n) is 2.86. The maximum atomic E-state index is 12.2. The van der Waals surface area contributed by atoms with Crippen molar-refractivity contribution in [1.29, 1.82) is 0 Å². The Bertz CT molecular complexity index is 528. The minimum atomic E-state index is 0.117. The van der Waals surface area contributed by atoms with Crippen molar-refractivity contribution in [1.82, 2.24) is 10.2 Å². The Morgan fingerprint density at radius 2 is 2.14 bits per heavy atom. The normalized spacial score (nSPS) is 16.0. The van der Waals surface area contributed by atoms with Crippen LogP contribution in [0.25, 0.3) is 0 Å². The van der Waals surface area contributed by atoms with E-state index in [1.807, 2.05) is 24.3 Å². The summed E-state index contributed by atoms with van der Waals surface area (Å²) in [5, 5.41) is 3.05. The van der Waals surface area contributed by atoms with Crippen LogP contribution in [0.15, 0.2) is 24.3 Å². The highest BCUT2D eigenvalue weighted by Gasteiger charge is 2.24. The molecular formula is C18H24N2O2. The number of nitrogens with one attached hydrogen (secondary N) is 1. The molecule has 1 aliphatic rings. The molecule has 1 aliphatic heterocycles. The number of terminal acetylenes is 1. The van der Waals surface area contributed by atoms with Gasteiger partial charge in [-0.15, -0.1) is 6.42 Å². The standard InChI is InChI=1S/C18H24N2O2/c1-3-12-20-13-9-16(10-14-20)18(21)19-11-8-15-6-4-5-7-17(15)22-2/h1,4-7,16H,8-14H2,2H3,(H,19,21). The number of rotatable bonds is 6. The molecule has 0 spiro atoms. The van der Waals surface area contributed by atoms with Crippen molar-refractivity contribution < 1.29 is 9.53 Å². The highest BCUT2D eigenvalue weighted by molar-refractivity contribution is 5.78. The first-order valence-corrected chi connectivity index (χ1v) is 7.80. The summed E-state index contributed by atoms with van der Waals surface area (Å²) in [5.74, 6) is 3.81. The molecule has 0 aromatic heterocycles. The molecule has 1 N–H and O–H groups in total. The van der Waals surface area contributed by atoms with Crippen LogP contribution in [0, 0.1) is 18.3 Å². The van der Waals surface area contributed by atoms with Gasteiger partial charge >= 0.3 is 0 Å². The van der Waals surface area contributed by atoms with Gasteiger partial charge in [-0.3, -0.25) is 9.69 Å². The minimum Gasteiger partial charge on any atom is -0.496 e. The molecule has 2 rings (SSSR count). The molecule has 4 nitrogen and oxygen atoms in total. The van der Waals surface area contributed by atoms with Crippen LogP contribution in [0.4, 0.5) is 0 Å². The molecule has 1 fully saturated rings. The van der Waals surface area contributed by atoms with Crippen molar-refractivity contribution in [3.63, 3.8) is 0 Å². The zero-order valence-electron chi connectivity index (χ0n) is 13.2. The lowest BCUT2D eigenvalue weighted by Gasteiger charge is -2.29. The van der Waals surface area contributed by atoms with Crippen LogP contribution in [-0.4, -0.2) is 44.1 Å². The topological polar surface area (TPSA) is 41.6 Å². The highest BCUT2D eigenvalue weighted by Crippen LogP contribution is 2.18. The van der Waals surface area contributed by atoms with Gasteiger partial charge < -0.3 is 10.1 Å². The second kappa shape index (κ2) is 8.45. The molecule has 0 bridgehead atoms. The SMILES string of the molecule is C#CCN1CCC(C(=O)NCCc2ccccc2OC)CC1. The van der Waals surface area contributed by atoms with Gasteiger partial charge in [0.25, 0.3) is 0 Å². The van der Waals surface area contributed by atoms with Crippen molar-refractivity contribution in [2.24, 2.45) is 5.92 Å². The molecule has 0 radical (unpaired) electrons. The van der Waals surface area contributed by atoms with Gasteiger partial charge in [-0.2, -0.15) is 0 Å². The molecule has 0 atom stereocenters. The van der Waals surface area contributed by atoms with Crippen molar-refractivity contribution in [3.05, 3.63) is 29.8 Å². The molecule has 4 heteroatoms. The van der Waals surface area contributed by atoms with Gasteiger partial charge in [-0.05, 0) is 44.0 Å². The van der Waals surface area contributed by atoms with Gasteiger partial charge in [0.05, 0.1) is 13.7 Å². The molecule has 22 heavy (non-hydrogen) atoms. The predicted octanol–water partition coefficient (Wildman–Crippen LogP) is 1.70. The summed E-state index contributed by atoms with van der Waals surface area (Å²) in [7, 11) is 1.67. The van der Waals surface area contributed by atoms with E-state index in [1.165, 1.54) is 0 Å². The third kappa shape index (κ3) is 4.51. The van der Waals surface area contributed by atoms with Crippen molar-refractivity contribution in [2.45, 2.75) is 19.3 Å². The van der Waals surface area contributed by atoms with Crippen LogP contribution >= 0.6 is 0 Å². The number of para-hydroxylation sites is 1. The second-order valence-corrected chi connectivity index (χ2v) is 5.61. The molecule has 118 valence electrons. The average Bonchev–Trinajstić information content (AvgIpc) is 2.56. The van der Waals surface area contributed by atoms with Crippen LogP contribution in [0.3, 0.4) is 0 Å². The number of hydrogen-bond donors (Lipinski definition) is 1. The molecule has 0 aliphatic carbocycles. The Balaban J connectivity index is 1.73. The van der Waals surface area contributed by atoms with E-state index in [4.69, 9.17) is 11.2 Å². The average molecular weight is 300 g/mol. The number of carbonyl (C=O) groups is 1. The molecule has 1 aromatic rings. The minimum absolute atomic E-state index is 0.117. The van der Waals surface area contributed by atoms with E-state index in [9.17, 15) is 4.79 Å². The molecule has 0 unspecified atom stereocenters. The number of carbonyl (C=O) groups excluding carboxylic acids is 1. The smallest absolute Gasteiger partial charge is 0.223 e. The van der Waals surface area contributed by atoms with Crippen LogP contribution < -0.4 is 10.1 Å². The first kappa shape index (κ1) is 16.4. The fraction of sp³-hybridized carbons (Fsp3) is 0.500. The zero-order chi connectivity index (χ0) is 15.8. The lowest BCUT2D eigenvalue weighted by molar-refractivity contribution is -0.126. The summed E-state index contributed by atoms with van der Waals surface area (Å²) in [6, 6.07) is 7.91. The number of piperidine rings is 1. The number of methoxy groups -OCH3 is 1. The monoisotopic (exact) mass is 300 g/mol. The fourth-order valence-corrected chi connectivity index (χ4v) is 2.86. The molecular weight excluding hydrogens is 276 g/mol. The maximum Gasteiger partial charge on any atom is 0.223 e. The number of amides is 1. The summed E-state index contributed by atoms with van der Waals surface area (Å²) in [6.45, 7) is 3.15. The Morgan fingerprint density at radius 1 is 1.41 bits per heavy atom. The Labute approximate surface area is 132 Å². The van der Waals surface area contributed by atoms with Crippen LogP contribution in [0.2, 0.25) is 0 Å². The lowest BCUT2D eigenvalue weighted by Crippen LogP contribution is -2.41. The molecule has 1 amide bonds. The number of hydrogen-bond acceptors (Lipinski definition) is 3. The van der Waals surface area contributed by atoms with Crippen molar-refractivity contribution in [2.75, 3.05) is 33.3 Å². The van der Waals surface area contributed by atoms with Gasteiger partial charge in [0.2, 0.25) is 5.91 Å². The number of likely N-dealkylation sites (tertiary alicyclic amines) is 1. The van der Waals surface area contributed by atoms with E-state index in [0.29, 0.717) is 13.1 Å². The third-order valence-electron chi connectivity index (χ3n) is 4.16. The number of ether oxygens (including phenoxy) is 1. The predicted molar refractivity (Wildman–Crippen MR) is 87.7 cm³/mol. The van der Waals surface area contributed by atoms with Gasteiger partial charge in [-0.1, -0.05) is 24.1 Å². The zero-order valence-corrected chi connectivity index (χ0v) is 13.2. The quantitative estimate of drug-likeness (QED) is 0.813. The van der Waals surface area contributed by atoms with E-state index in [-0.39, 0.29) is 11.8 Å². The third-order valence-corrected chi connectivity index (χ3v) is 4.16. The van der Waals surface area contributed by atoms with Gasteiger partial charge in [0.1, 0.15) is 5.75 Å². The Kier molecular flexibility index (Phi) is 6.29. The van der Waals surface area contributed by atoms with E-state index >= 15 is 0 Å². The van der Waals surface area contributed by atoms with Gasteiger partial charge in [-0.25, -0.2) is 0 Å². The molecule has 1 heterocycles. The van der Waals surface area contributed by atoms with Gasteiger partial charge in [0.15, 0.2) is 0 Å². The van der Waals surface area contributed by atoms with E-state index in [0.717, 1.165) is 43.7 Å². The second-order valence-electron chi connectivity index (χ2n) is 5.61. The van der Waals surface area contributed by atoms with Crippen molar-refractivity contribution >= 4 is 5.91 Å². The Morgan fingerprint density at radius 3 is 2.82 bits per heavy atom. The summed E-state index contributed by atoms with van der Waals surface area (Å²) in [6.07, 6.45) is 7.88. The lowest BCUT2D eigenvalue weighted by atomic mass is 9.96. The summed E-state index contributed by atoms with van der Waals surface area (Å²) in [4.78, 5) is 14.4. The highest BCUT2D eigenvalue weighted by atomic mass is 16.5. The van der Waals surface area contributed by atoms with Crippen LogP contribution in [-0.2, 0) is 11.2 Å². The molecule has 1 saturated heterocycles. The summed E-state index contributed by atoms with van der Waals surface area (Å²) in [5.41, 5.74) is 1.12. The van der Waals surface area contributed by atoms with Gasteiger partial charge in [0, 0.05) is 12.5 Å². The molecule has 0 saturated carbocycles. The van der Waals surface area contributed by atoms with Crippen LogP contribution in [0.1, 0.15) is 18.4 Å². The number of benzene rings is 1. The summed E-state index contributed by atoms with van der Waals surface area (Å²) >= 11 is 0. The van der Waals surface area contributed by atoms with E-state index in [1.54, 1.807) is 7.11 Å². The van der Waals surface area contributed by atoms with E-state index < -0.39 is 0 Å². The first-order chi connectivity index (χ1) is 10.7. The Hall–Kier alpha value is -1.99. The maximum absolute atomic E-state index is 12.2. The van der Waals surface area contributed by atoms with Crippen molar-refractivity contribution in [3.8, 4) is 18.1 Å². The number of nitrogens with zero attached hydrogens (tertiary/aromatic N) is 1.